The molecule has 0 spiro atoms. The van der Waals surface area contributed by atoms with Crippen LogP contribution < -0.4 is 5.32 Å². The number of nitrogens with zero attached hydrogens (tertiary/aromatic N) is 1. The van der Waals surface area contributed by atoms with Gasteiger partial charge >= 0.3 is 5.97 Å². The average molecular weight is 277 g/mol. The first-order valence-corrected chi connectivity index (χ1v) is 5.72. The van der Waals surface area contributed by atoms with Crippen molar-refractivity contribution in [3.63, 3.8) is 0 Å². The quantitative estimate of drug-likeness (QED) is 0.839. The molecule has 0 saturated carbocycles. The van der Waals surface area contributed by atoms with E-state index in [1.54, 1.807) is 6.92 Å². The topological polar surface area (TPSA) is 84.1 Å². The highest BCUT2D eigenvalue weighted by atomic mass is 19.1. The van der Waals surface area contributed by atoms with Crippen LogP contribution in [-0.2, 0) is 4.74 Å². The third-order valence-electron chi connectivity index (χ3n) is 2.71. The molecule has 0 saturated heterocycles. The maximum atomic E-state index is 13.3. The number of carbonyl (C=O) groups excluding carboxylic acids is 2. The van der Waals surface area contributed by atoms with Crippen molar-refractivity contribution >= 4 is 17.6 Å². The van der Waals surface area contributed by atoms with Gasteiger partial charge in [0, 0.05) is 5.69 Å². The lowest BCUT2D eigenvalue weighted by Gasteiger charge is -2.09. The van der Waals surface area contributed by atoms with Gasteiger partial charge in [-0.15, -0.1) is 0 Å². The van der Waals surface area contributed by atoms with Gasteiger partial charge in [0.1, 0.15) is 5.82 Å². The fourth-order valence-electron chi connectivity index (χ4n) is 1.68. The van der Waals surface area contributed by atoms with Gasteiger partial charge in [-0.2, -0.15) is 5.10 Å². The highest BCUT2D eigenvalue weighted by Crippen LogP contribution is 2.19. The van der Waals surface area contributed by atoms with Crippen LogP contribution in [0.25, 0.3) is 0 Å². The van der Waals surface area contributed by atoms with E-state index in [0.29, 0.717) is 11.3 Å². The molecule has 2 aromatic rings. The number of esters is 1. The van der Waals surface area contributed by atoms with Crippen molar-refractivity contribution in [2.45, 2.75) is 6.92 Å². The number of aromatic amines is 1. The molecule has 0 atom stereocenters. The number of rotatable bonds is 3. The van der Waals surface area contributed by atoms with E-state index in [1.807, 2.05) is 0 Å². The zero-order chi connectivity index (χ0) is 14.7. The summed E-state index contributed by atoms with van der Waals surface area (Å²) in [6.45, 7) is 1.68. The minimum Gasteiger partial charge on any atom is -0.465 e. The predicted molar refractivity (Wildman–Crippen MR) is 69.0 cm³/mol. The monoisotopic (exact) mass is 277 g/mol. The maximum absolute atomic E-state index is 13.3. The Morgan fingerprint density at radius 1 is 1.35 bits per heavy atom. The van der Waals surface area contributed by atoms with Crippen molar-refractivity contribution in [2.75, 3.05) is 12.4 Å². The Morgan fingerprint density at radius 2 is 2.10 bits per heavy atom. The first-order chi connectivity index (χ1) is 9.52. The highest BCUT2D eigenvalue weighted by Gasteiger charge is 2.17. The molecule has 1 aromatic heterocycles. The summed E-state index contributed by atoms with van der Waals surface area (Å²) < 4.78 is 17.8. The Hall–Kier alpha value is -2.70. The molecule has 1 amide bonds. The number of aromatic nitrogens is 2. The fraction of sp³-hybridized carbons (Fsp3) is 0.154. The first-order valence-electron chi connectivity index (χ1n) is 5.72. The normalized spacial score (nSPS) is 10.2. The largest absolute Gasteiger partial charge is 0.465 e. The Balaban J connectivity index is 2.33. The van der Waals surface area contributed by atoms with Crippen molar-refractivity contribution in [3.8, 4) is 0 Å². The van der Waals surface area contributed by atoms with Gasteiger partial charge in [0.05, 0.1) is 30.1 Å². The van der Waals surface area contributed by atoms with Gasteiger partial charge in [0.25, 0.3) is 5.91 Å². The zero-order valence-corrected chi connectivity index (χ0v) is 10.9. The second-order valence-corrected chi connectivity index (χ2v) is 4.04. The fourth-order valence-corrected chi connectivity index (χ4v) is 1.68. The summed E-state index contributed by atoms with van der Waals surface area (Å²) in [5, 5.41) is 8.81. The molecule has 20 heavy (non-hydrogen) atoms. The summed E-state index contributed by atoms with van der Waals surface area (Å²) in [7, 11) is 1.21. The van der Waals surface area contributed by atoms with Crippen LogP contribution in [0.2, 0.25) is 0 Å². The number of aryl methyl sites for hydroxylation is 1. The Bertz CT molecular complexity index is 667. The number of hydrogen-bond donors (Lipinski definition) is 2. The van der Waals surface area contributed by atoms with Gasteiger partial charge in [-0.05, 0) is 25.1 Å². The summed E-state index contributed by atoms with van der Waals surface area (Å²) in [5.74, 6) is -1.73. The van der Waals surface area contributed by atoms with Crippen LogP contribution in [0.5, 0.6) is 0 Å². The molecule has 0 radical (unpaired) electrons. The summed E-state index contributed by atoms with van der Waals surface area (Å²) in [6.07, 6.45) is 1.35. The van der Waals surface area contributed by atoms with Crippen molar-refractivity contribution in [2.24, 2.45) is 0 Å². The molecule has 1 heterocycles. The van der Waals surface area contributed by atoms with Crippen LogP contribution in [0.3, 0.4) is 0 Å². The summed E-state index contributed by atoms with van der Waals surface area (Å²) in [6, 6.07) is 3.42. The molecule has 0 aliphatic carbocycles. The van der Waals surface area contributed by atoms with Crippen molar-refractivity contribution < 1.29 is 18.7 Å². The van der Waals surface area contributed by atoms with Gasteiger partial charge in [-0.1, -0.05) is 0 Å². The molecule has 0 bridgehead atoms. The third kappa shape index (κ3) is 2.66. The maximum Gasteiger partial charge on any atom is 0.339 e. The summed E-state index contributed by atoms with van der Waals surface area (Å²) >= 11 is 0. The van der Waals surface area contributed by atoms with Gasteiger partial charge in [-0.3, -0.25) is 9.89 Å². The van der Waals surface area contributed by atoms with E-state index in [2.05, 4.69) is 20.3 Å². The van der Waals surface area contributed by atoms with Gasteiger partial charge in [0.2, 0.25) is 0 Å². The molecular formula is C13H12FN3O3. The molecule has 7 heteroatoms. The van der Waals surface area contributed by atoms with E-state index in [-0.39, 0.29) is 11.3 Å². The van der Waals surface area contributed by atoms with Crippen molar-refractivity contribution in [1.29, 1.82) is 0 Å². The second-order valence-electron chi connectivity index (χ2n) is 4.04. The minimum atomic E-state index is -0.663. The number of hydrogen-bond acceptors (Lipinski definition) is 4. The lowest BCUT2D eigenvalue weighted by molar-refractivity contribution is 0.0602. The molecule has 2 N–H and O–H groups in total. The number of H-pyrrole nitrogens is 1. The number of nitrogens with one attached hydrogen (secondary N) is 2. The SMILES string of the molecule is COC(=O)c1ccc(F)cc1NC(=O)c1cn[nH]c1C. The molecular weight excluding hydrogens is 265 g/mol. The highest BCUT2D eigenvalue weighted by molar-refractivity contribution is 6.08. The molecule has 104 valence electrons. The standard InChI is InChI=1S/C13H12FN3O3/c1-7-10(6-15-17-7)12(18)16-11-5-8(14)3-4-9(11)13(19)20-2/h3-6H,1-2H3,(H,15,17)(H,16,18). The Morgan fingerprint density at radius 3 is 2.70 bits per heavy atom. The molecule has 0 unspecified atom stereocenters. The van der Waals surface area contributed by atoms with Crippen molar-refractivity contribution in [3.05, 3.63) is 47.0 Å². The van der Waals surface area contributed by atoms with Crippen LogP contribution >= 0.6 is 0 Å². The second kappa shape index (κ2) is 5.52. The number of methoxy groups -OCH3 is 1. The number of carbonyl (C=O) groups is 2. The lowest BCUT2D eigenvalue weighted by atomic mass is 10.1. The summed E-state index contributed by atoms with van der Waals surface area (Å²) in [4.78, 5) is 23.6. The smallest absolute Gasteiger partial charge is 0.339 e. The number of halogens is 1. The third-order valence-corrected chi connectivity index (χ3v) is 2.71. The van der Waals surface area contributed by atoms with Crippen LogP contribution in [-0.4, -0.2) is 29.2 Å². The number of amides is 1. The molecule has 0 aliphatic rings. The van der Waals surface area contributed by atoms with E-state index in [9.17, 15) is 14.0 Å². The Kier molecular flexibility index (Phi) is 3.79. The molecule has 0 aliphatic heterocycles. The molecule has 0 fully saturated rings. The van der Waals surface area contributed by atoms with E-state index in [1.165, 1.54) is 19.4 Å². The van der Waals surface area contributed by atoms with Gasteiger partial charge < -0.3 is 10.1 Å². The van der Waals surface area contributed by atoms with E-state index >= 15 is 0 Å². The zero-order valence-electron chi connectivity index (χ0n) is 10.9. The Labute approximate surface area is 113 Å². The lowest BCUT2D eigenvalue weighted by Crippen LogP contribution is -2.16. The van der Waals surface area contributed by atoms with Crippen LogP contribution in [0.15, 0.2) is 24.4 Å². The van der Waals surface area contributed by atoms with E-state index < -0.39 is 17.7 Å². The average Bonchev–Trinajstić information content (AvgIpc) is 2.84. The predicted octanol–water partition coefficient (Wildman–Crippen LogP) is 1.90. The van der Waals surface area contributed by atoms with Crippen molar-refractivity contribution in [1.82, 2.24) is 10.2 Å². The van der Waals surface area contributed by atoms with Crippen LogP contribution in [0.1, 0.15) is 26.4 Å². The van der Waals surface area contributed by atoms with E-state index in [4.69, 9.17) is 0 Å². The summed E-state index contributed by atoms with van der Waals surface area (Å²) in [5.41, 5.74) is 0.995. The first kappa shape index (κ1) is 13.7. The van der Waals surface area contributed by atoms with E-state index in [0.717, 1.165) is 12.1 Å². The number of benzene rings is 1. The van der Waals surface area contributed by atoms with Gasteiger partial charge in [0.15, 0.2) is 0 Å². The van der Waals surface area contributed by atoms with Crippen LogP contribution in [0, 0.1) is 12.7 Å². The van der Waals surface area contributed by atoms with Crippen LogP contribution in [0.4, 0.5) is 10.1 Å². The molecule has 1 aromatic carbocycles. The molecule has 2 rings (SSSR count). The van der Waals surface area contributed by atoms with Gasteiger partial charge in [-0.25, -0.2) is 9.18 Å². The minimum absolute atomic E-state index is 0.0439. The number of anilines is 1. The number of ether oxygens (including phenoxy) is 1. The molecule has 6 nitrogen and oxygen atoms in total.